The van der Waals surface area contributed by atoms with Crippen molar-refractivity contribution in [1.82, 2.24) is 4.98 Å². The molecular weight excluding hydrogens is 258 g/mol. The largest absolute Gasteiger partial charge is 0.397 e. The fourth-order valence-electron chi connectivity index (χ4n) is 2.60. The van der Waals surface area contributed by atoms with Crippen molar-refractivity contribution >= 4 is 22.3 Å². The zero-order chi connectivity index (χ0) is 14.7. The minimum absolute atomic E-state index is 0.333. The first-order valence-electron chi connectivity index (χ1n) is 7.18. The lowest BCUT2D eigenvalue weighted by molar-refractivity contribution is 0.791. The van der Waals surface area contributed by atoms with Crippen molar-refractivity contribution in [3.63, 3.8) is 0 Å². The van der Waals surface area contributed by atoms with Gasteiger partial charge in [0.25, 0.3) is 0 Å². The second-order valence-electron chi connectivity index (χ2n) is 5.34. The average molecular weight is 277 g/mol. The lowest BCUT2D eigenvalue weighted by atomic mass is 10.1. The summed E-state index contributed by atoms with van der Waals surface area (Å²) in [5.74, 6) is 0. The molecule has 3 heteroatoms. The molecule has 21 heavy (non-hydrogen) atoms. The van der Waals surface area contributed by atoms with Crippen molar-refractivity contribution in [3.05, 3.63) is 66.4 Å². The Labute approximate surface area is 124 Å². The van der Waals surface area contributed by atoms with Gasteiger partial charge >= 0.3 is 0 Å². The summed E-state index contributed by atoms with van der Waals surface area (Å²) in [5, 5.41) is 4.63. The number of nitrogens with zero attached hydrogens (tertiary/aromatic N) is 1. The van der Waals surface area contributed by atoms with Crippen molar-refractivity contribution in [2.75, 3.05) is 11.1 Å². The second-order valence-corrected chi connectivity index (χ2v) is 5.34. The first kappa shape index (κ1) is 13.4. The molecule has 106 valence electrons. The smallest absolute Gasteiger partial charge is 0.0951 e. The molecule has 1 atom stereocenters. The molecule has 0 aliphatic carbocycles. The number of pyridine rings is 1. The molecule has 0 aliphatic rings. The second kappa shape index (κ2) is 5.83. The maximum Gasteiger partial charge on any atom is 0.0951 e. The predicted octanol–water partition coefficient (Wildman–Crippen LogP) is 3.86. The Balaban J connectivity index is 1.83. The quantitative estimate of drug-likeness (QED) is 0.712. The molecule has 0 saturated heterocycles. The summed E-state index contributed by atoms with van der Waals surface area (Å²) in [6.45, 7) is 2.19. The van der Waals surface area contributed by atoms with E-state index in [1.807, 2.05) is 24.3 Å². The SMILES string of the molecule is CC(Cc1ccccc1)Nc1ccc(N)c2ncccc12. The van der Waals surface area contributed by atoms with Gasteiger partial charge in [-0.05, 0) is 43.2 Å². The van der Waals surface area contributed by atoms with Gasteiger partial charge in [0.05, 0.1) is 11.2 Å². The van der Waals surface area contributed by atoms with Gasteiger partial charge in [-0.25, -0.2) is 0 Å². The number of benzene rings is 2. The van der Waals surface area contributed by atoms with Gasteiger partial charge in [0.15, 0.2) is 0 Å². The summed E-state index contributed by atoms with van der Waals surface area (Å²) in [7, 11) is 0. The van der Waals surface area contributed by atoms with E-state index in [1.165, 1.54) is 5.56 Å². The van der Waals surface area contributed by atoms with Crippen molar-refractivity contribution in [3.8, 4) is 0 Å². The van der Waals surface area contributed by atoms with E-state index in [0.717, 1.165) is 23.0 Å². The van der Waals surface area contributed by atoms with E-state index in [0.29, 0.717) is 11.7 Å². The molecule has 0 radical (unpaired) electrons. The first-order valence-corrected chi connectivity index (χ1v) is 7.18. The Kier molecular flexibility index (Phi) is 3.73. The van der Waals surface area contributed by atoms with Gasteiger partial charge in [0.2, 0.25) is 0 Å². The molecule has 1 heterocycles. The van der Waals surface area contributed by atoms with Crippen LogP contribution in [-0.4, -0.2) is 11.0 Å². The fourth-order valence-corrected chi connectivity index (χ4v) is 2.60. The molecule has 3 N–H and O–H groups in total. The molecule has 0 aliphatic heterocycles. The van der Waals surface area contributed by atoms with Crippen LogP contribution in [0.5, 0.6) is 0 Å². The number of nitrogen functional groups attached to an aromatic ring is 1. The Morgan fingerprint density at radius 3 is 2.67 bits per heavy atom. The van der Waals surface area contributed by atoms with Crippen LogP contribution in [0.1, 0.15) is 12.5 Å². The number of hydrogen-bond donors (Lipinski definition) is 2. The molecule has 0 fully saturated rings. The van der Waals surface area contributed by atoms with Gasteiger partial charge in [-0.3, -0.25) is 4.98 Å². The number of nitrogens with two attached hydrogens (primary N) is 1. The normalized spacial score (nSPS) is 12.2. The van der Waals surface area contributed by atoms with E-state index in [9.17, 15) is 0 Å². The van der Waals surface area contributed by atoms with Crippen molar-refractivity contribution in [2.24, 2.45) is 0 Å². The summed E-state index contributed by atoms with van der Waals surface area (Å²) in [6.07, 6.45) is 2.75. The maximum atomic E-state index is 5.99. The zero-order valence-electron chi connectivity index (χ0n) is 12.1. The molecule has 0 spiro atoms. The van der Waals surface area contributed by atoms with Crippen LogP contribution >= 0.6 is 0 Å². The number of rotatable bonds is 4. The molecule has 2 aromatic carbocycles. The molecule has 3 aromatic rings. The highest BCUT2D eigenvalue weighted by Crippen LogP contribution is 2.27. The monoisotopic (exact) mass is 277 g/mol. The maximum absolute atomic E-state index is 5.99. The van der Waals surface area contributed by atoms with Gasteiger partial charge in [-0.2, -0.15) is 0 Å². The zero-order valence-corrected chi connectivity index (χ0v) is 12.1. The molecule has 3 rings (SSSR count). The Morgan fingerprint density at radius 1 is 1.05 bits per heavy atom. The average Bonchev–Trinajstić information content (AvgIpc) is 2.51. The summed E-state index contributed by atoms with van der Waals surface area (Å²) in [4.78, 5) is 4.37. The highest BCUT2D eigenvalue weighted by molar-refractivity contribution is 5.98. The van der Waals surface area contributed by atoms with Gasteiger partial charge in [0, 0.05) is 23.3 Å². The molecule has 0 amide bonds. The van der Waals surface area contributed by atoms with E-state index in [2.05, 4.69) is 47.6 Å². The van der Waals surface area contributed by atoms with Crippen molar-refractivity contribution < 1.29 is 0 Å². The van der Waals surface area contributed by atoms with Gasteiger partial charge in [-0.15, -0.1) is 0 Å². The van der Waals surface area contributed by atoms with E-state index in [4.69, 9.17) is 5.73 Å². The lowest BCUT2D eigenvalue weighted by Crippen LogP contribution is -2.18. The van der Waals surface area contributed by atoms with Crippen LogP contribution in [0.4, 0.5) is 11.4 Å². The Bertz CT molecular complexity index is 738. The number of hydrogen-bond acceptors (Lipinski definition) is 3. The van der Waals surface area contributed by atoms with Crippen LogP contribution in [0.25, 0.3) is 10.9 Å². The van der Waals surface area contributed by atoms with Crippen molar-refractivity contribution in [2.45, 2.75) is 19.4 Å². The fraction of sp³-hybridized carbons (Fsp3) is 0.167. The topological polar surface area (TPSA) is 50.9 Å². The van der Waals surface area contributed by atoms with Gasteiger partial charge in [-0.1, -0.05) is 30.3 Å². The van der Waals surface area contributed by atoms with Crippen LogP contribution < -0.4 is 11.1 Å². The Hall–Kier alpha value is -2.55. The minimum atomic E-state index is 0.333. The van der Waals surface area contributed by atoms with Crippen molar-refractivity contribution in [1.29, 1.82) is 0 Å². The van der Waals surface area contributed by atoms with Gasteiger partial charge < -0.3 is 11.1 Å². The third kappa shape index (κ3) is 2.97. The molecule has 0 saturated carbocycles. The first-order chi connectivity index (χ1) is 10.2. The third-order valence-electron chi connectivity index (χ3n) is 3.59. The minimum Gasteiger partial charge on any atom is -0.397 e. The number of aromatic nitrogens is 1. The number of anilines is 2. The summed E-state index contributed by atoms with van der Waals surface area (Å²) in [5.41, 5.74) is 9.97. The highest BCUT2D eigenvalue weighted by atomic mass is 14.9. The number of fused-ring (bicyclic) bond motifs is 1. The van der Waals surface area contributed by atoms with Crippen LogP contribution in [0.3, 0.4) is 0 Å². The molecule has 0 bridgehead atoms. The summed E-state index contributed by atoms with van der Waals surface area (Å²) < 4.78 is 0. The molecule has 1 aromatic heterocycles. The molecule has 1 unspecified atom stereocenters. The highest BCUT2D eigenvalue weighted by Gasteiger charge is 2.08. The summed E-state index contributed by atoms with van der Waals surface area (Å²) in [6, 6.07) is 18.8. The summed E-state index contributed by atoms with van der Waals surface area (Å²) >= 11 is 0. The van der Waals surface area contributed by atoms with E-state index in [1.54, 1.807) is 6.20 Å². The standard InChI is InChI=1S/C18H19N3/c1-13(12-14-6-3-2-4-7-14)21-17-10-9-16(19)18-15(17)8-5-11-20-18/h2-11,13,21H,12,19H2,1H3. The molecule has 3 nitrogen and oxygen atoms in total. The third-order valence-corrected chi connectivity index (χ3v) is 3.59. The lowest BCUT2D eigenvalue weighted by Gasteiger charge is -2.17. The Morgan fingerprint density at radius 2 is 1.86 bits per heavy atom. The van der Waals surface area contributed by atoms with Crippen LogP contribution in [-0.2, 0) is 6.42 Å². The van der Waals surface area contributed by atoms with Gasteiger partial charge in [0.1, 0.15) is 0 Å². The van der Waals surface area contributed by atoms with E-state index < -0.39 is 0 Å². The van der Waals surface area contributed by atoms with Crippen LogP contribution in [0.2, 0.25) is 0 Å². The van der Waals surface area contributed by atoms with E-state index >= 15 is 0 Å². The van der Waals surface area contributed by atoms with Crippen LogP contribution in [0, 0.1) is 0 Å². The predicted molar refractivity (Wildman–Crippen MR) is 89.4 cm³/mol. The molecular formula is C18H19N3. The van der Waals surface area contributed by atoms with E-state index in [-0.39, 0.29) is 0 Å². The number of nitrogens with one attached hydrogen (secondary N) is 1. The van der Waals surface area contributed by atoms with Crippen LogP contribution in [0.15, 0.2) is 60.8 Å².